The molecule has 0 bridgehead atoms. The predicted molar refractivity (Wildman–Crippen MR) is 70.3 cm³/mol. The second kappa shape index (κ2) is 7.04. The van der Waals surface area contributed by atoms with Crippen LogP contribution in [0.1, 0.15) is 29.8 Å². The van der Waals surface area contributed by atoms with Gasteiger partial charge < -0.3 is 14.4 Å². The molecule has 2 rings (SSSR count). The van der Waals surface area contributed by atoms with Crippen molar-refractivity contribution < 1.29 is 14.3 Å². The Kier molecular flexibility index (Phi) is 5.09. The summed E-state index contributed by atoms with van der Waals surface area (Å²) >= 11 is 0. The van der Waals surface area contributed by atoms with Crippen molar-refractivity contribution in [3.05, 3.63) is 18.1 Å². The number of piperidine rings is 1. The fourth-order valence-corrected chi connectivity index (χ4v) is 2.00. The number of methoxy groups -OCH3 is 1. The van der Waals surface area contributed by atoms with E-state index >= 15 is 0 Å². The lowest BCUT2D eigenvalue weighted by atomic mass is 10.1. The third-order valence-corrected chi connectivity index (χ3v) is 3.05. The topological polar surface area (TPSA) is 64.6 Å². The third-order valence-electron chi connectivity index (χ3n) is 3.05. The quantitative estimate of drug-likeness (QED) is 0.590. The van der Waals surface area contributed by atoms with Crippen molar-refractivity contribution in [1.82, 2.24) is 9.97 Å². The Balaban J connectivity index is 1.91. The molecule has 1 aliphatic rings. The molecule has 6 heteroatoms. The molecule has 0 saturated carbocycles. The van der Waals surface area contributed by atoms with Crippen LogP contribution in [-0.4, -0.2) is 49.4 Å². The Bertz CT molecular complexity index is 402. The van der Waals surface area contributed by atoms with Crippen LogP contribution < -0.4 is 4.90 Å². The summed E-state index contributed by atoms with van der Waals surface area (Å²) in [4.78, 5) is 22.2. The smallest absolute Gasteiger partial charge is 0.358 e. The van der Waals surface area contributed by atoms with Crippen LogP contribution in [0.3, 0.4) is 0 Å². The first kappa shape index (κ1) is 13.7. The SMILES string of the molecule is COCCOC(=O)c1cnc(N2CCCCC2)cn1. The molecule has 1 fully saturated rings. The van der Waals surface area contributed by atoms with Crippen molar-refractivity contribution in [1.29, 1.82) is 0 Å². The molecule has 1 saturated heterocycles. The summed E-state index contributed by atoms with van der Waals surface area (Å²) in [7, 11) is 1.56. The number of carbonyl (C=O) groups excluding carboxylic acids is 1. The molecule has 0 aromatic carbocycles. The fourth-order valence-electron chi connectivity index (χ4n) is 2.00. The molecule has 19 heavy (non-hydrogen) atoms. The van der Waals surface area contributed by atoms with Gasteiger partial charge in [-0.05, 0) is 19.3 Å². The summed E-state index contributed by atoms with van der Waals surface area (Å²) in [6.07, 6.45) is 6.75. The molecule has 2 heterocycles. The van der Waals surface area contributed by atoms with Gasteiger partial charge in [0, 0.05) is 20.2 Å². The molecule has 0 spiro atoms. The molecular weight excluding hydrogens is 246 g/mol. The molecule has 0 atom stereocenters. The van der Waals surface area contributed by atoms with E-state index in [1.54, 1.807) is 13.3 Å². The second-order valence-electron chi connectivity index (χ2n) is 4.44. The van der Waals surface area contributed by atoms with E-state index in [1.165, 1.54) is 25.5 Å². The van der Waals surface area contributed by atoms with E-state index in [4.69, 9.17) is 9.47 Å². The monoisotopic (exact) mass is 265 g/mol. The first-order valence-electron chi connectivity index (χ1n) is 6.54. The molecular formula is C13H19N3O3. The van der Waals surface area contributed by atoms with E-state index in [9.17, 15) is 4.79 Å². The highest BCUT2D eigenvalue weighted by molar-refractivity contribution is 5.86. The minimum Gasteiger partial charge on any atom is -0.458 e. The van der Waals surface area contributed by atoms with E-state index in [-0.39, 0.29) is 12.3 Å². The summed E-state index contributed by atoms with van der Waals surface area (Å²) in [5, 5.41) is 0. The zero-order valence-electron chi connectivity index (χ0n) is 11.2. The predicted octanol–water partition coefficient (Wildman–Crippen LogP) is 1.27. The fraction of sp³-hybridized carbons (Fsp3) is 0.615. The highest BCUT2D eigenvalue weighted by Crippen LogP contribution is 2.16. The van der Waals surface area contributed by atoms with Gasteiger partial charge in [0.05, 0.1) is 19.0 Å². The maximum Gasteiger partial charge on any atom is 0.358 e. The van der Waals surface area contributed by atoms with Gasteiger partial charge in [-0.3, -0.25) is 0 Å². The number of carbonyl (C=O) groups is 1. The Morgan fingerprint density at radius 3 is 2.63 bits per heavy atom. The van der Waals surface area contributed by atoms with Gasteiger partial charge in [0.25, 0.3) is 0 Å². The lowest BCUT2D eigenvalue weighted by Gasteiger charge is -2.27. The summed E-state index contributed by atoms with van der Waals surface area (Å²) < 4.78 is 9.78. The van der Waals surface area contributed by atoms with Crippen molar-refractivity contribution in [3.63, 3.8) is 0 Å². The van der Waals surface area contributed by atoms with Crippen LogP contribution >= 0.6 is 0 Å². The zero-order chi connectivity index (χ0) is 13.5. The molecule has 1 aromatic rings. The van der Waals surface area contributed by atoms with Gasteiger partial charge in [0.2, 0.25) is 0 Å². The van der Waals surface area contributed by atoms with Gasteiger partial charge in [-0.2, -0.15) is 0 Å². The number of rotatable bonds is 5. The normalized spacial score (nSPS) is 15.3. The third kappa shape index (κ3) is 3.89. The standard InChI is InChI=1S/C13H19N3O3/c1-18-7-8-19-13(17)11-9-15-12(10-14-11)16-5-3-2-4-6-16/h9-10H,2-8H2,1H3. The zero-order valence-corrected chi connectivity index (χ0v) is 11.2. The van der Waals surface area contributed by atoms with Crippen LogP contribution in [0.15, 0.2) is 12.4 Å². The molecule has 1 aliphatic heterocycles. The van der Waals surface area contributed by atoms with Crippen LogP contribution in [-0.2, 0) is 9.47 Å². The maximum atomic E-state index is 11.6. The number of nitrogens with zero attached hydrogens (tertiary/aromatic N) is 3. The number of hydrogen-bond acceptors (Lipinski definition) is 6. The van der Waals surface area contributed by atoms with E-state index in [2.05, 4.69) is 14.9 Å². The Labute approximate surface area is 112 Å². The molecule has 1 aromatic heterocycles. The molecule has 0 radical (unpaired) electrons. The number of anilines is 1. The molecule has 6 nitrogen and oxygen atoms in total. The summed E-state index contributed by atoms with van der Waals surface area (Å²) in [6.45, 7) is 2.62. The Morgan fingerprint density at radius 1 is 1.21 bits per heavy atom. The first-order valence-corrected chi connectivity index (χ1v) is 6.54. The lowest BCUT2D eigenvalue weighted by molar-refractivity contribution is 0.0381. The molecule has 0 amide bonds. The number of ether oxygens (including phenoxy) is 2. The maximum absolute atomic E-state index is 11.6. The minimum absolute atomic E-state index is 0.227. The highest BCUT2D eigenvalue weighted by atomic mass is 16.6. The van der Waals surface area contributed by atoms with E-state index in [0.29, 0.717) is 6.61 Å². The van der Waals surface area contributed by atoms with E-state index in [1.807, 2.05) is 0 Å². The second-order valence-corrected chi connectivity index (χ2v) is 4.44. The minimum atomic E-state index is -0.463. The molecule has 0 aliphatic carbocycles. The van der Waals surface area contributed by atoms with Crippen molar-refractivity contribution in [3.8, 4) is 0 Å². The average Bonchev–Trinajstić information content (AvgIpc) is 2.48. The van der Waals surface area contributed by atoms with E-state index in [0.717, 1.165) is 18.9 Å². The van der Waals surface area contributed by atoms with Crippen LogP contribution in [0.2, 0.25) is 0 Å². The van der Waals surface area contributed by atoms with Crippen molar-refractivity contribution in [2.75, 3.05) is 38.3 Å². The van der Waals surface area contributed by atoms with Crippen LogP contribution in [0.4, 0.5) is 5.82 Å². The van der Waals surface area contributed by atoms with Crippen LogP contribution in [0, 0.1) is 0 Å². The van der Waals surface area contributed by atoms with Gasteiger partial charge in [-0.25, -0.2) is 14.8 Å². The molecule has 0 unspecified atom stereocenters. The number of aromatic nitrogens is 2. The average molecular weight is 265 g/mol. The largest absolute Gasteiger partial charge is 0.458 e. The van der Waals surface area contributed by atoms with Crippen LogP contribution in [0.5, 0.6) is 0 Å². The number of hydrogen-bond donors (Lipinski definition) is 0. The van der Waals surface area contributed by atoms with Crippen LogP contribution in [0.25, 0.3) is 0 Å². The summed E-state index contributed by atoms with van der Waals surface area (Å²) in [5.41, 5.74) is 0.233. The van der Waals surface area contributed by atoms with Gasteiger partial charge in [0.1, 0.15) is 12.4 Å². The highest BCUT2D eigenvalue weighted by Gasteiger charge is 2.14. The first-order chi connectivity index (χ1) is 9.31. The number of esters is 1. The van der Waals surface area contributed by atoms with Gasteiger partial charge in [-0.1, -0.05) is 0 Å². The molecule has 0 N–H and O–H groups in total. The van der Waals surface area contributed by atoms with E-state index < -0.39 is 5.97 Å². The van der Waals surface area contributed by atoms with Gasteiger partial charge in [-0.15, -0.1) is 0 Å². The Morgan fingerprint density at radius 2 is 2.00 bits per heavy atom. The summed E-state index contributed by atoms with van der Waals surface area (Å²) in [5.74, 6) is 0.364. The Hall–Kier alpha value is -1.69. The van der Waals surface area contributed by atoms with Crippen molar-refractivity contribution in [2.24, 2.45) is 0 Å². The van der Waals surface area contributed by atoms with Crippen molar-refractivity contribution in [2.45, 2.75) is 19.3 Å². The van der Waals surface area contributed by atoms with Crippen molar-refractivity contribution >= 4 is 11.8 Å². The summed E-state index contributed by atoms with van der Waals surface area (Å²) in [6, 6.07) is 0. The molecule has 104 valence electrons. The van der Waals surface area contributed by atoms with Gasteiger partial charge in [0.15, 0.2) is 5.69 Å². The van der Waals surface area contributed by atoms with Gasteiger partial charge >= 0.3 is 5.97 Å². The lowest BCUT2D eigenvalue weighted by Crippen LogP contribution is -2.30.